The van der Waals surface area contributed by atoms with Crippen LogP contribution < -0.4 is 10.2 Å². The van der Waals surface area contributed by atoms with Crippen molar-refractivity contribution in [3.8, 4) is 6.07 Å². The average molecular weight is 399 g/mol. The molecule has 1 N–H and O–H groups in total. The molecule has 0 spiro atoms. The predicted molar refractivity (Wildman–Crippen MR) is 114 cm³/mol. The van der Waals surface area contributed by atoms with E-state index in [0.717, 1.165) is 11.6 Å². The summed E-state index contributed by atoms with van der Waals surface area (Å²) in [6, 6.07) is 16.4. The van der Waals surface area contributed by atoms with Crippen LogP contribution in [0.4, 0.5) is 17.5 Å². The summed E-state index contributed by atoms with van der Waals surface area (Å²) in [4.78, 5) is 30.0. The molecule has 8 nitrogen and oxygen atoms in total. The fourth-order valence-electron chi connectivity index (χ4n) is 3.39. The van der Waals surface area contributed by atoms with Crippen molar-refractivity contribution in [3.63, 3.8) is 0 Å². The number of piperazine rings is 1. The minimum Gasteiger partial charge on any atom is -0.353 e. The largest absolute Gasteiger partial charge is 0.353 e. The van der Waals surface area contributed by atoms with Crippen molar-refractivity contribution in [2.24, 2.45) is 0 Å². The number of nitriles is 1. The minimum atomic E-state index is -0.0527. The molecule has 1 fully saturated rings. The molecule has 3 heterocycles. The highest BCUT2D eigenvalue weighted by molar-refractivity contribution is 5.94. The van der Waals surface area contributed by atoms with Crippen molar-refractivity contribution < 1.29 is 4.79 Å². The van der Waals surface area contributed by atoms with Crippen molar-refractivity contribution in [1.82, 2.24) is 19.9 Å². The lowest BCUT2D eigenvalue weighted by Crippen LogP contribution is -2.49. The Balaban J connectivity index is 1.43. The Morgan fingerprint density at radius 1 is 1.03 bits per heavy atom. The van der Waals surface area contributed by atoms with Gasteiger partial charge in [-0.15, -0.1) is 0 Å². The van der Waals surface area contributed by atoms with Crippen LogP contribution >= 0.6 is 0 Å². The summed E-state index contributed by atoms with van der Waals surface area (Å²) in [5, 5.41) is 12.3. The van der Waals surface area contributed by atoms with Crippen LogP contribution in [0, 0.1) is 18.3 Å². The molecule has 1 aliphatic rings. The van der Waals surface area contributed by atoms with E-state index in [1.807, 2.05) is 36.1 Å². The summed E-state index contributed by atoms with van der Waals surface area (Å²) in [5.74, 6) is 2.83. The van der Waals surface area contributed by atoms with E-state index in [9.17, 15) is 4.79 Å². The van der Waals surface area contributed by atoms with Crippen LogP contribution in [0.1, 0.15) is 21.7 Å². The summed E-state index contributed by atoms with van der Waals surface area (Å²) in [6.45, 7) is 4.37. The molecule has 1 aliphatic heterocycles. The second kappa shape index (κ2) is 8.57. The Morgan fingerprint density at radius 2 is 1.87 bits per heavy atom. The first-order valence-corrected chi connectivity index (χ1v) is 9.70. The molecule has 1 amide bonds. The monoisotopic (exact) mass is 399 g/mol. The molecule has 0 unspecified atom stereocenters. The van der Waals surface area contributed by atoms with Gasteiger partial charge in [0.1, 0.15) is 23.3 Å². The third-order valence-electron chi connectivity index (χ3n) is 4.87. The maximum absolute atomic E-state index is 12.8. The van der Waals surface area contributed by atoms with Crippen molar-refractivity contribution in [2.45, 2.75) is 6.92 Å². The van der Waals surface area contributed by atoms with Gasteiger partial charge >= 0.3 is 0 Å². The first kappa shape index (κ1) is 19.3. The van der Waals surface area contributed by atoms with Crippen LogP contribution in [0.3, 0.4) is 0 Å². The van der Waals surface area contributed by atoms with Crippen molar-refractivity contribution in [1.29, 1.82) is 5.26 Å². The molecule has 150 valence electrons. The van der Waals surface area contributed by atoms with Gasteiger partial charge in [0.25, 0.3) is 5.91 Å². The first-order valence-electron chi connectivity index (χ1n) is 9.70. The lowest BCUT2D eigenvalue weighted by atomic mass is 10.1. The number of amides is 1. The van der Waals surface area contributed by atoms with Gasteiger partial charge in [0.05, 0.1) is 11.6 Å². The maximum atomic E-state index is 12.8. The third-order valence-corrected chi connectivity index (χ3v) is 4.87. The highest BCUT2D eigenvalue weighted by Crippen LogP contribution is 2.20. The zero-order valence-electron chi connectivity index (χ0n) is 16.6. The van der Waals surface area contributed by atoms with E-state index < -0.39 is 0 Å². The van der Waals surface area contributed by atoms with Crippen LogP contribution in [0.25, 0.3) is 0 Å². The molecule has 30 heavy (non-hydrogen) atoms. The molecule has 2 aromatic heterocycles. The number of rotatable bonds is 4. The van der Waals surface area contributed by atoms with Gasteiger partial charge in [-0.2, -0.15) is 5.26 Å². The number of nitrogens with one attached hydrogen (secondary N) is 1. The molecule has 1 saturated heterocycles. The third kappa shape index (κ3) is 4.36. The quantitative estimate of drug-likeness (QED) is 0.720. The Kier molecular flexibility index (Phi) is 5.52. The average Bonchev–Trinajstić information content (AvgIpc) is 2.79. The molecule has 0 radical (unpaired) electrons. The second-order valence-corrected chi connectivity index (χ2v) is 6.97. The van der Waals surface area contributed by atoms with Gasteiger partial charge in [-0.25, -0.2) is 15.0 Å². The Morgan fingerprint density at radius 3 is 2.60 bits per heavy atom. The van der Waals surface area contributed by atoms with E-state index in [-0.39, 0.29) is 5.91 Å². The smallest absolute Gasteiger partial charge is 0.254 e. The number of hydrogen-bond donors (Lipinski definition) is 1. The molecule has 4 rings (SSSR count). The van der Waals surface area contributed by atoms with Gasteiger partial charge in [0.15, 0.2) is 0 Å². The van der Waals surface area contributed by atoms with E-state index in [4.69, 9.17) is 5.26 Å². The van der Waals surface area contributed by atoms with Crippen LogP contribution in [0.5, 0.6) is 0 Å². The summed E-state index contributed by atoms with van der Waals surface area (Å²) in [5.41, 5.74) is 1.03. The summed E-state index contributed by atoms with van der Waals surface area (Å²) in [7, 11) is 0. The Bertz CT molecular complexity index is 1090. The van der Waals surface area contributed by atoms with Gasteiger partial charge in [0.2, 0.25) is 0 Å². The van der Waals surface area contributed by atoms with Gasteiger partial charge < -0.3 is 15.1 Å². The predicted octanol–water partition coefficient (Wildman–Crippen LogP) is 2.76. The molecule has 3 aromatic rings. The van der Waals surface area contributed by atoms with Gasteiger partial charge in [-0.05, 0) is 37.3 Å². The molecule has 0 saturated carbocycles. The highest BCUT2D eigenvalue weighted by atomic mass is 16.2. The number of hydrogen-bond acceptors (Lipinski definition) is 7. The number of carbonyl (C=O) groups excluding carboxylic acids is 1. The van der Waals surface area contributed by atoms with Crippen molar-refractivity contribution in [2.75, 3.05) is 36.4 Å². The van der Waals surface area contributed by atoms with Crippen molar-refractivity contribution in [3.05, 3.63) is 71.7 Å². The first-order chi connectivity index (χ1) is 14.6. The minimum absolute atomic E-state index is 0.0527. The number of anilines is 3. The fourth-order valence-corrected chi connectivity index (χ4v) is 3.39. The lowest BCUT2D eigenvalue weighted by Gasteiger charge is -2.35. The van der Waals surface area contributed by atoms with Gasteiger partial charge in [0, 0.05) is 44.0 Å². The Labute approximate surface area is 174 Å². The SMILES string of the molecule is Cc1nc(Nc2ccccn2)cc(N2CCN(C(=O)c3cccc(C#N)c3)CC2)n1. The van der Waals surface area contributed by atoms with Crippen molar-refractivity contribution >= 4 is 23.4 Å². The zero-order valence-corrected chi connectivity index (χ0v) is 16.6. The van der Waals surface area contributed by atoms with Crippen LogP contribution in [0.2, 0.25) is 0 Å². The van der Waals surface area contributed by atoms with Crippen LogP contribution in [-0.2, 0) is 0 Å². The maximum Gasteiger partial charge on any atom is 0.254 e. The summed E-state index contributed by atoms with van der Waals surface area (Å²) < 4.78 is 0. The molecule has 0 atom stereocenters. The zero-order chi connectivity index (χ0) is 20.9. The molecule has 0 bridgehead atoms. The molecular weight excluding hydrogens is 378 g/mol. The lowest BCUT2D eigenvalue weighted by molar-refractivity contribution is 0.0746. The number of aromatic nitrogens is 3. The molecular formula is C22H21N7O. The van der Waals surface area contributed by atoms with Crippen LogP contribution in [-0.4, -0.2) is 51.9 Å². The number of pyridine rings is 1. The van der Waals surface area contributed by atoms with Crippen LogP contribution in [0.15, 0.2) is 54.7 Å². The molecule has 0 aliphatic carbocycles. The second-order valence-electron chi connectivity index (χ2n) is 6.97. The van der Waals surface area contributed by atoms with E-state index in [2.05, 4.69) is 31.2 Å². The highest BCUT2D eigenvalue weighted by Gasteiger charge is 2.23. The van der Waals surface area contributed by atoms with Gasteiger partial charge in [-0.3, -0.25) is 4.79 Å². The van der Waals surface area contributed by atoms with Gasteiger partial charge in [-0.1, -0.05) is 12.1 Å². The summed E-state index contributed by atoms with van der Waals surface area (Å²) in [6.07, 6.45) is 1.72. The molecule has 8 heteroatoms. The standard InChI is InChI=1S/C22H21N7O/c1-16-25-20(27-19-7-2-3-8-24-19)14-21(26-16)28-9-11-29(12-10-28)22(30)18-6-4-5-17(13-18)15-23/h2-8,13-14H,9-12H2,1H3,(H,24,25,26,27). The number of benzene rings is 1. The number of nitrogens with zero attached hydrogens (tertiary/aromatic N) is 6. The molecule has 1 aromatic carbocycles. The fraction of sp³-hybridized carbons (Fsp3) is 0.227. The number of carbonyl (C=O) groups is 1. The normalized spacial score (nSPS) is 13.6. The van der Waals surface area contributed by atoms with E-state index in [1.54, 1.807) is 30.5 Å². The topological polar surface area (TPSA) is 98.0 Å². The Hall–Kier alpha value is -3.99. The summed E-state index contributed by atoms with van der Waals surface area (Å²) >= 11 is 0. The van der Waals surface area contributed by atoms with E-state index in [0.29, 0.717) is 48.9 Å². The number of aryl methyl sites for hydroxylation is 1. The van der Waals surface area contributed by atoms with E-state index >= 15 is 0 Å². The van der Waals surface area contributed by atoms with E-state index in [1.165, 1.54) is 0 Å².